The van der Waals surface area contributed by atoms with E-state index in [1.807, 2.05) is 6.07 Å². The summed E-state index contributed by atoms with van der Waals surface area (Å²) in [5.41, 5.74) is 0.430. The number of nitrogens with zero attached hydrogens (tertiary/aromatic N) is 4. The predicted octanol–water partition coefficient (Wildman–Crippen LogP) is 4.41. The third kappa shape index (κ3) is 5.06. The SMILES string of the molecule is CC(Oc1ccc(F)cc1Cl)c1nnc(SCC(=O)Nc2sccc2C#N)n1C. The number of halogens is 2. The van der Waals surface area contributed by atoms with Crippen LogP contribution in [-0.2, 0) is 11.8 Å². The molecule has 2 aromatic heterocycles. The van der Waals surface area contributed by atoms with E-state index < -0.39 is 11.9 Å². The number of thioether (sulfide) groups is 1. The Balaban J connectivity index is 1.61. The summed E-state index contributed by atoms with van der Waals surface area (Å²) in [6.07, 6.45) is -0.497. The van der Waals surface area contributed by atoms with Crippen LogP contribution in [0.1, 0.15) is 24.4 Å². The van der Waals surface area contributed by atoms with Crippen molar-refractivity contribution < 1.29 is 13.9 Å². The molecule has 1 aromatic carbocycles. The number of nitriles is 1. The minimum Gasteiger partial charge on any atom is -0.481 e. The van der Waals surface area contributed by atoms with Gasteiger partial charge in [0.1, 0.15) is 22.6 Å². The molecular formula is C18H15ClFN5O2S2. The maximum atomic E-state index is 13.2. The molecule has 7 nitrogen and oxygen atoms in total. The second-order valence-corrected chi connectivity index (χ2v) is 8.11. The number of carbonyl (C=O) groups excluding carboxylic acids is 1. The number of hydrogen-bond acceptors (Lipinski definition) is 7. The molecule has 2 heterocycles. The fourth-order valence-corrected chi connectivity index (χ4v) is 4.09. The Hall–Kier alpha value is -2.61. The van der Waals surface area contributed by atoms with E-state index in [2.05, 4.69) is 15.5 Å². The van der Waals surface area contributed by atoms with Gasteiger partial charge < -0.3 is 14.6 Å². The van der Waals surface area contributed by atoms with Crippen LogP contribution >= 0.6 is 34.7 Å². The molecule has 0 aliphatic carbocycles. The molecule has 1 unspecified atom stereocenters. The molecule has 3 aromatic rings. The zero-order valence-electron chi connectivity index (χ0n) is 15.3. The zero-order chi connectivity index (χ0) is 21.0. The number of rotatable bonds is 7. The molecule has 0 aliphatic rings. The Bertz CT molecular complexity index is 1080. The third-order valence-corrected chi connectivity index (χ3v) is 5.95. The second kappa shape index (κ2) is 9.26. The minimum atomic E-state index is -0.497. The van der Waals surface area contributed by atoms with E-state index in [0.717, 1.165) is 0 Å². The maximum Gasteiger partial charge on any atom is 0.235 e. The van der Waals surface area contributed by atoms with Gasteiger partial charge >= 0.3 is 0 Å². The number of ether oxygens (including phenoxy) is 1. The minimum absolute atomic E-state index is 0.105. The summed E-state index contributed by atoms with van der Waals surface area (Å²) in [4.78, 5) is 12.1. The Morgan fingerprint density at radius 3 is 3.00 bits per heavy atom. The van der Waals surface area contributed by atoms with Crippen LogP contribution in [0.5, 0.6) is 5.75 Å². The van der Waals surface area contributed by atoms with E-state index >= 15 is 0 Å². The number of amides is 1. The number of benzene rings is 1. The zero-order valence-corrected chi connectivity index (χ0v) is 17.7. The molecule has 1 amide bonds. The lowest BCUT2D eigenvalue weighted by molar-refractivity contribution is -0.113. The predicted molar refractivity (Wildman–Crippen MR) is 110 cm³/mol. The summed E-state index contributed by atoms with van der Waals surface area (Å²) in [5, 5.41) is 22.9. The molecule has 1 atom stereocenters. The Morgan fingerprint density at radius 2 is 2.28 bits per heavy atom. The molecule has 0 fully saturated rings. The largest absolute Gasteiger partial charge is 0.481 e. The first-order valence-corrected chi connectivity index (χ1v) is 10.5. The summed E-state index contributed by atoms with van der Waals surface area (Å²) >= 11 is 8.49. The van der Waals surface area contributed by atoms with Crippen molar-refractivity contribution in [3.8, 4) is 11.8 Å². The summed E-state index contributed by atoms with van der Waals surface area (Å²) in [7, 11) is 1.76. The van der Waals surface area contributed by atoms with Gasteiger partial charge in [0.15, 0.2) is 17.1 Å². The monoisotopic (exact) mass is 451 g/mol. The summed E-state index contributed by atoms with van der Waals surface area (Å²) in [6.45, 7) is 1.77. The van der Waals surface area contributed by atoms with Gasteiger partial charge in [-0.15, -0.1) is 21.5 Å². The highest BCUT2D eigenvalue weighted by Crippen LogP contribution is 2.30. The fraction of sp³-hybridized carbons (Fsp3) is 0.222. The van der Waals surface area contributed by atoms with Crippen LogP contribution < -0.4 is 10.1 Å². The maximum absolute atomic E-state index is 13.2. The summed E-state index contributed by atoms with van der Waals surface area (Å²) < 4.78 is 20.6. The number of nitrogens with one attached hydrogen (secondary N) is 1. The molecule has 0 spiro atoms. The lowest BCUT2D eigenvalue weighted by atomic mass is 10.3. The van der Waals surface area contributed by atoms with Crippen LogP contribution in [0.4, 0.5) is 9.39 Å². The first-order valence-electron chi connectivity index (χ1n) is 8.30. The Kier molecular flexibility index (Phi) is 6.74. The number of aromatic nitrogens is 3. The quantitative estimate of drug-likeness (QED) is 0.535. The van der Waals surface area contributed by atoms with Crippen molar-refractivity contribution in [3.05, 3.63) is 51.9 Å². The van der Waals surface area contributed by atoms with Gasteiger partial charge in [-0.2, -0.15) is 5.26 Å². The van der Waals surface area contributed by atoms with Crippen molar-refractivity contribution in [3.63, 3.8) is 0 Å². The standard InChI is InChI=1S/C18H15ClFN5O2S2/c1-10(27-14-4-3-12(20)7-13(14)19)16-23-24-18(25(16)2)29-9-15(26)22-17-11(8-21)5-6-28-17/h3-7,10H,9H2,1-2H3,(H,22,26). The van der Waals surface area contributed by atoms with Crippen LogP contribution in [0.3, 0.4) is 0 Å². The van der Waals surface area contributed by atoms with E-state index in [9.17, 15) is 9.18 Å². The van der Waals surface area contributed by atoms with Crippen molar-refractivity contribution in [2.45, 2.75) is 18.2 Å². The molecule has 150 valence electrons. The van der Waals surface area contributed by atoms with E-state index in [-0.39, 0.29) is 16.7 Å². The second-order valence-electron chi connectivity index (χ2n) is 5.85. The molecule has 0 saturated heterocycles. The Morgan fingerprint density at radius 1 is 1.48 bits per heavy atom. The molecule has 0 radical (unpaired) electrons. The lowest BCUT2D eigenvalue weighted by Gasteiger charge is -2.15. The molecule has 0 bridgehead atoms. The Labute approximate surface area is 179 Å². The average molecular weight is 452 g/mol. The molecule has 11 heteroatoms. The smallest absolute Gasteiger partial charge is 0.235 e. The van der Waals surface area contributed by atoms with Crippen molar-refractivity contribution in [1.82, 2.24) is 14.8 Å². The lowest BCUT2D eigenvalue weighted by Crippen LogP contribution is -2.14. The molecular weight excluding hydrogens is 437 g/mol. The van der Waals surface area contributed by atoms with Gasteiger partial charge in [-0.3, -0.25) is 4.79 Å². The summed E-state index contributed by atoms with van der Waals surface area (Å²) in [6, 6.07) is 7.56. The number of carbonyl (C=O) groups is 1. The van der Waals surface area contributed by atoms with Gasteiger partial charge in [0.25, 0.3) is 0 Å². The highest BCUT2D eigenvalue weighted by Gasteiger charge is 2.19. The highest BCUT2D eigenvalue weighted by molar-refractivity contribution is 7.99. The normalized spacial score (nSPS) is 11.7. The molecule has 0 aliphatic heterocycles. The van der Waals surface area contributed by atoms with Crippen molar-refractivity contribution in [1.29, 1.82) is 5.26 Å². The molecule has 1 N–H and O–H groups in total. The molecule has 29 heavy (non-hydrogen) atoms. The highest BCUT2D eigenvalue weighted by atomic mass is 35.5. The first kappa shape index (κ1) is 21.1. The van der Waals surface area contributed by atoms with E-state index in [4.69, 9.17) is 21.6 Å². The van der Waals surface area contributed by atoms with Crippen LogP contribution in [0, 0.1) is 17.1 Å². The van der Waals surface area contributed by atoms with E-state index in [0.29, 0.717) is 27.3 Å². The van der Waals surface area contributed by atoms with Crippen molar-refractivity contribution >= 4 is 45.6 Å². The van der Waals surface area contributed by atoms with Crippen molar-refractivity contribution in [2.24, 2.45) is 7.05 Å². The number of hydrogen-bond donors (Lipinski definition) is 1. The van der Waals surface area contributed by atoms with Crippen LogP contribution in [0.25, 0.3) is 0 Å². The van der Waals surface area contributed by atoms with Gasteiger partial charge in [0, 0.05) is 7.05 Å². The van der Waals surface area contributed by atoms with Gasteiger partial charge in [0.05, 0.1) is 16.3 Å². The van der Waals surface area contributed by atoms with E-state index in [1.54, 1.807) is 30.0 Å². The van der Waals surface area contributed by atoms with Crippen LogP contribution in [-0.4, -0.2) is 26.4 Å². The van der Waals surface area contributed by atoms with Crippen LogP contribution in [0.15, 0.2) is 34.8 Å². The summed E-state index contributed by atoms with van der Waals surface area (Å²) in [5.74, 6) is 0.268. The van der Waals surface area contributed by atoms with Gasteiger partial charge in [-0.05, 0) is 36.6 Å². The van der Waals surface area contributed by atoms with Gasteiger partial charge in [-0.1, -0.05) is 23.4 Å². The topological polar surface area (TPSA) is 92.8 Å². The van der Waals surface area contributed by atoms with Gasteiger partial charge in [-0.25, -0.2) is 4.39 Å². The fourth-order valence-electron chi connectivity index (χ4n) is 2.41. The first-order chi connectivity index (χ1) is 13.9. The van der Waals surface area contributed by atoms with Gasteiger partial charge in [0.2, 0.25) is 5.91 Å². The van der Waals surface area contributed by atoms with Crippen molar-refractivity contribution in [2.75, 3.05) is 11.1 Å². The number of anilines is 1. The number of thiophene rings is 1. The third-order valence-electron chi connectivity index (χ3n) is 3.80. The molecule has 3 rings (SSSR count). The average Bonchev–Trinajstić information content (AvgIpc) is 3.28. The molecule has 0 saturated carbocycles. The van der Waals surface area contributed by atoms with Crippen LogP contribution in [0.2, 0.25) is 5.02 Å². The van der Waals surface area contributed by atoms with E-state index in [1.165, 1.54) is 41.3 Å².